The predicted molar refractivity (Wildman–Crippen MR) is 60.1 cm³/mol. The van der Waals surface area contributed by atoms with Crippen LogP contribution in [0.1, 0.15) is 51.4 Å². The number of nitrogens with one attached hydrogen (secondary N) is 1. The molecule has 1 saturated heterocycles. The summed E-state index contributed by atoms with van der Waals surface area (Å²) in [5, 5.41) is 6.24. The van der Waals surface area contributed by atoms with Gasteiger partial charge in [0.2, 0.25) is 0 Å². The van der Waals surface area contributed by atoms with Crippen molar-refractivity contribution < 1.29 is 5.32 Å². The number of nitrogens with two attached hydrogens (primary N) is 1. The highest BCUT2D eigenvalue weighted by molar-refractivity contribution is 7.80. The molecule has 0 aromatic carbocycles. The van der Waals surface area contributed by atoms with Crippen molar-refractivity contribution in [1.29, 1.82) is 0 Å². The molecule has 2 spiro atoms. The first kappa shape index (κ1) is 9.10. The summed E-state index contributed by atoms with van der Waals surface area (Å²) in [6.45, 7) is 0. The predicted octanol–water partition coefficient (Wildman–Crippen LogP) is 1.06. The van der Waals surface area contributed by atoms with E-state index in [1.54, 1.807) is 0 Å². The second kappa shape index (κ2) is 2.92. The molecule has 3 heteroatoms. The van der Waals surface area contributed by atoms with E-state index in [4.69, 9.17) is 12.2 Å². The Morgan fingerprint density at radius 3 is 2.21 bits per heavy atom. The van der Waals surface area contributed by atoms with E-state index in [0.29, 0.717) is 11.2 Å². The smallest absolute Gasteiger partial charge is 0.170 e. The number of quaternary nitrogens is 1. The summed E-state index contributed by atoms with van der Waals surface area (Å²) in [6, 6.07) is 0. The van der Waals surface area contributed by atoms with E-state index >= 15 is 0 Å². The zero-order chi connectivity index (χ0) is 9.65. The fraction of sp³-hybridized carbons (Fsp3) is 0.909. The lowest BCUT2D eigenvalue weighted by molar-refractivity contribution is -0.762. The number of thiocarbonyl (C=S) groups is 1. The molecule has 2 nitrogen and oxygen atoms in total. The fourth-order valence-electron chi connectivity index (χ4n) is 3.63. The average Bonchev–Trinajstić information content (AvgIpc) is 2.81. The standard InChI is InChI=1S/C11H18N2S/c14-9-10(5-1-2-6-10)13-11(12-9)7-3-4-8-11/h13H,1-8H2,(H,12,14)/p+1. The second-order valence-electron chi connectivity index (χ2n) is 5.32. The van der Waals surface area contributed by atoms with E-state index in [1.165, 1.54) is 51.4 Å². The van der Waals surface area contributed by atoms with Crippen molar-refractivity contribution >= 4 is 17.2 Å². The van der Waals surface area contributed by atoms with Gasteiger partial charge in [-0.25, -0.2) is 0 Å². The molecule has 1 heterocycles. The summed E-state index contributed by atoms with van der Waals surface area (Å²) in [6.07, 6.45) is 10.7. The fourth-order valence-corrected chi connectivity index (χ4v) is 4.10. The lowest BCUT2D eigenvalue weighted by Gasteiger charge is -2.24. The van der Waals surface area contributed by atoms with E-state index in [9.17, 15) is 0 Å². The van der Waals surface area contributed by atoms with Crippen LogP contribution in [0, 0.1) is 0 Å². The zero-order valence-electron chi connectivity index (χ0n) is 8.64. The molecule has 3 fully saturated rings. The summed E-state index contributed by atoms with van der Waals surface area (Å²) in [5.41, 5.74) is 0.640. The Hall–Kier alpha value is -0.150. The van der Waals surface area contributed by atoms with Crippen molar-refractivity contribution in [3.63, 3.8) is 0 Å². The average molecular weight is 211 g/mol. The molecule has 78 valence electrons. The molecule has 2 aliphatic carbocycles. The van der Waals surface area contributed by atoms with Crippen LogP contribution in [0.2, 0.25) is 0 Å². The molecule has 0 aromatic rings. The van der Waals surface area contributed by atoms with Crippen LogP contribution in [-0.2, 0) is 0 Å². The van der Waals surface area contributed by atoms with Crippen LogP contribution in [0.25, 0.3) is 0 Å². The molecule has 0 radical (unpaired) electrons. The molecule has 0 atom stereocenters. The maximum absolute atomic E-state index is 5.56. The summed E-state index contributed by atoms with van der Waals surface area (Å²) in [5.74, 6) is 0. The quantitative estimate of drug-likeness (QED) is 0.587. The van der Waals surface area contributed by atoms with Gasteiger partial charge in [0, 0.05) is 25.7 Å². The normalized spacial score (nSPS) is 33.0. The van der Waals surface area contributed by atoms with Gasteiger partial charge in [0.25, 0.3) is 0 Å². The highest BCUT2D eigenvalue weighted by atomic mass is 32.1. The molecule has 0 amide bonds. The summed E-state index contributed by atoms with van der Waals surface area (Å²) in [4.78, 5) is 1.16. The lowest BCUT2D eigenvalue weighted by Crippen LogP contribution is -3.03. The SMILES string of the molecule is S=C1NC2(CCCC2)[NH2+]C12CCCC2. The highest BCUT2D eigenvalue weighted by Gasteiger charge is 2.57. The third kappa shape index (κ3) is 1.15. The van der Waals surface area contributed by atoms with E-state index in [0.717, 1.165) is 4.99 Å². The van der Waals surface area contributed by atoms with Crippen LogP contribution in [-0.4, -0.2) is 16.2 Å². The van der Waals surface area contributed by atoms with Gasteiger partial charge in [-0.15, -0.1) is 0 Å². The molecule has 0 aromatic heterocycles. The van der Waals surface area contributed by atoms with Crippen molar-refractivity contribution in [2.75, 3.05) is 0 Å². The van der Waals surface area contributed by atoms with Crippen LogP contribution in [0.4, 0.5) is 0 Å². The second-order valence-corrected chi connectivity index (χ2v) is 5.73. The van der Waals surface area contributed by atoms with Gasteiger partial charge in [-0.3, -0.25) is 0 Å². The molecule has 3 aliphatic rings. The molecule has 0 bridgehead atoms. The molecular formula is C11H19N2S+. The maximum atomic E-state index is 5.56. The van der Waals surface area contributed by atoms with Gasteiger partial charge in [0.1, 0.15) is 10.5 Å². The molecule has 14 heavy (non-hydrogen) atoms. The highest BCUT2D eigenvalue weighted by Crippen LogP contribution is 2.35. The van der Waals surface area contributed by atoms with Crippen LogP contribution >= 0.6 is 12.2 Å². The Balaban J connectivity index is 1.86. The minimum atomic E-state index is 0.319. The minimum absolute atomic E-state index is 0.319. The minimum Gasteiger partial charge on any atom is -0.323 e. The van der Waals surface area contributed by atoms with Gasteiger partial charge in [0.05, 0.1) is 0 Å². The third-order valence-corrected chi connectivity index (χ3v) is 4.87. The Labute approximate surface area is 90.8 Å². The van der Waals surface area contributed by atoms with Crippen molar-refractivity contribution in [1.82, 2.24) is 5.32 Å². The first-order chi connectivity index (χ1) is 6.75. The number of rotatable bonds is 0. The van der Waals surface area contributed by atoms with Crippen LogP contribution in [0.5, 0.6) is 0 Å². The van der Waals surface area contributed by atoms with E-state index in [1.807, 2.05) is 0 Å². The van der Waals surface area contributed by atoms with Crippen molar-refractivity contribution in [3.05, 3.63) is 0 Å². The first-order valence-electron chi connectivity index (χ1n) is 5.95. The van der Waals surface area contributed by atoms with E-state index < -0.39 is 0 Å². The van der Waals surface area contributed by atoms with Gasteiger partial charge in [-0.2, -0.15) is 0 Å². The first-order valence-corrected chi connectivity index (χ1v) is 6.35. The van der Waals surface area contributed by atoms with Crippen LogP contribution in [0.3, 0.4) is 0 Å². The topological polar surface area (TPSA) is 28.6 Å². The third-order valence-electron chi connectivity index (χ3n) is 4.36. The molecule has 1 aliphatic heterocycles. The summed E-state index contributed by atoms with van der Waals surface area (Å²) < 4.78 is 0. The molecule has 0 unspecified atom stereocenters. The maximum Gasteiger partial charge on any atom is 0.170 e. The Bertz CT molecular complexity index is 262. The zero-order valence-corrected chi connectivity index (χ0v) is 9.46. The van der Waals surface area contributed by atoms with Gasteiger partial charge in [0.15, 0.2) is 5.66 Å². The Kier molecular flexibility index (Phi) is 1.90. The Morgan fingerprint density at radius 2 is 1.57 bits per heavy atom. The number of hydrogen-bond donors (Lipinski definition) is 2. The van der Waals surface area contributed by atoms with Crippen molar-refractivity contribution in [2.24, 2.45) is 0 Å². The van der Waals surface area contributed by atoms with Crippen molar-refractivity contribution in [2.45, 2.75) is 62.6 Å². The van der Waals surface area contributed by atoms with Gasteiger partial charge in [-0.05, 0) is 25.7 Å². The molecular weight excluding hydrogens is 192 g/mol. The van der Waals surface area contributed by atoms with E-state index in [-0.39, 0.29) is 0 Å². The van der Waals surface area contributed by atoms with Gasteiger partial charge in [-0.1, -0.05) is 12.2 Å². The summed E-state index contributed by atoms with van der Waals surface area (Å²) in [7, 11) is 0. The monoisotopic (exact) mass is 211 g/mol. The molecule has 2 saturated carbocycles. The van der Waals surface area contributed by atoms with Crippen LogP contribution < -0.4 is 10.6 Å². The Morgan fingerprint density at radius 1 is 1.00 bits per heavy atom. The largest absolute Gasteiger partial charge is 0.323 e. The summed E-state index contributed by atoms with van der Waals surface area (Å²) >= 11 is 5.56. The van der Waals surface area contributed by atoms with Gasteiger partial charge >= 0.3 is 0 Å². The molecule has 3 N–H and O–H groups in total. The number of hydrogen-bond acceptors (Lipinski definition) is 1. The van der Waals surface area contributed by atoms with Crippen molar-refractivity contribution in [3.8, 4) is 0 Å². The molecule has 3 rings (SSSR count). The van der Waals surface area contributed by atoms with Crippen LogP contribution in [0.15, 0.2) is 0 Å². The lowest BCUT2D eigenvalue weighted by atomic mass is 9.98. The van der Waals surface area contributed by atoms with E-state index in [2.05, 4.69) is 10.6 Å². The van der Waals surface area contributed by atoms with Gasteiger partial charge < -0.3 is 10.6 Å².